The number of furan rings is 1. The molecule has 0 aliphatic heterocycles. The summed E-state index contributed by atoms with van der Waals surface area (Å²) in [6.45, 7) is 7.92. The van der Waals surface area contributed by atoms with Gasteiger partial charge < -0.3 is 19.2 Å². The monoisotopic (exact) mass is 386 g/mol. The van der Waals surface area contributed by atoms with Gasteiger partial charge in [0.1, 0.15) is 16.9 Å². The number of benzene rings is 1. The molecule has 7 heteroatoms. The van der Waals surface area contributed by atoms with E-state index in [0.717, 1.165) is 34.9 Å². The van der Waals surface area contributed by atoms with Crippen molar-refractivity contribution in [2.75, 3.05) is 25.1 Å². The van der Waals surface area contributed by atoms with Crippen LogP contribution < -0.4 is 4.90 Å². The number of rotatable bonds is 7. The smallest absolute Gasteiger partial charge is 0.339 e. The van der Waals surface area contributed by atoms with Crippen LogP contribution in [-0.2, 0) is 9.53 Å². The third kappa shape index (κ3) is 3.42. The zero-order valence-electron chi connectivity index (χ0n) is 15.8. The van der Waals surface area contributed by atoms with Crippen LogP contribution in [0.2, 0.25) is 0 Å². The van der Waals surface area contributed by atoms with E-state index in [2.05, 4.69) is 18.7 Å². The minimum absolute atomic E-state index is 0.0468. The van der Waals surface area contributed by atoms with E-state index >= 15 is 0 Å². The predicted molar refractivity (Wildman–Crippen MR) is 108 cm³/mol. The number of anilines is 1. The molecule has 0 spiro atoms. The lowest BCUT2D eigenvalue weighted by molar-refractivity contribution is -0.130. The van der Waals surface area contributed by atoms with E-state index in [4.69, 9.17) is 14.1 Å². The van der Waals surface area contributed by atoms with Crippen molar-refractivity contribution in [3.63, 3.8) is 0 Å². The van der Waals surface area contributed by atoms with Gasteiger partial charge in [-0.2, -0.15) is 0 Å². The number of thiazole rings is 1. The first kappa shape index (κ1) is 19.0. The van der Waals surface area contributed by atoms with Crippen molar-refractivity contribution in [1.82, 2.24) is 4.98 Å². The molecule has 0 aliphatic carbocycles. The molecule has 27 heavy (non-hydrogen) atoms. The molecule has 0 fully saturated rings. The molecule has 0 saturated carbocycles. The highest BCUT2D eigenvalue weighted by molar-refractivity contribution is 7.14. The summed E-state index contributed by atoms with van der Waals surface area (Å²) in [4.78, 5) is 18.5. The molecule has 0 atom stereocenters. The van der Waals surface area contributed by atoms with Crippen LogP contribution in [0.4, 0.5) is 5.13 Å². The van der Waals surface area contributed by atoms with Gasteiger partial charge in [-0.15, -0.1) is 11.3 Å². The van der Waals surface area contributed by atoms with E-state index < -0.39 is 5.97 Å². The molecule has 3 rings (SSSR count). The fraction of sp³-hybridized carbons (Fsp3) is 0.300. The van der Waals surface area contributed by atoms with Crippen LogP contribution in [0.15, 0.2) is 34.3 Å². The molecule has 2 aromatic heterocycles. The number of aryl methyl sites for hydroxylation is 1. The van der Waals surface area contributed by atoms with Crippen LogP contribution in [0.3, 0.4) is 0 Å². The van der Waals surface area contributed by atoms with Gasteiger partial charge in [0.25, 0.3) is 0 Å². The Morgan fingerprint density at radius 1 is 1.37 bits per heavy atom. The molecule has 0 amide bonds. The number of ether oxygens (including phenoxy) is 1. The zero-order chi connectivity index (χ0) is 19.6. The van der Waals surface area contributed by atoms with Gasteiger partial charge in [0.2, 0.25) is 0 Å². The molecule has 1 N–H and O–H groups in total. The molecular formula is C20H22N2O4S. The van der Waals surface area contributed by atoms with Gasteiger partial charge in [0, 0.05) is 35.0 Å². The van der Waals surface area contributed by atoms with Gasteiger partial charge in [-0.1, -0.05) is 18.2 Å². The lowest BCUT2D eigenvalue weighted by atomic mass is 10.0. The third-order valence-electron chi connectivity index (χ3n) is 4.48. The Hall–Kier alpha value is -2.80. The number of hydrogen-bond acceptors (Lipinski definition) is 6. The average Bonchev–Trinajstić information content (AvgIpc) is 3.26. The van der Waals surface area contributed by atoms with E-state index in [-0.39, 0.29) is 5.57 Å². The molecule has 1 aromatic carbocycles. The van der Waals surface area contributed by atoms with Crippen LogP contribution in [0.25, 0.3) is 28.0 Å². The van der Waals surface area contributed by atoms with E-state index in [1.165, 1.54) is 13.4 Å². The normalized spacial score (nSPS) is 11.8. The molecule has 0 radical (unpaired) electrons. The molecule has 6 nitrogen and oxygen atoms in total. The summed E-state index contributed by atoms with van der Waals surface area (Å²) < 4.78 is 11.1. The number of nitrogens with zero attached hydrogens (tertiary/aromatic N) is 2. The highest BCUT2D eigenvalue weighted by Gasteiger charge is 2.22. The minimum Gasteiger partial charge on any atom is -0.503 e. The van der Waals surface area contributed by atoms with Gasteiger partial charge in [-0.3, -0.25) is 0 Å². The van der Waals surface area contributed by atoms with E-state index in [1.807, 2.05) is 24.4 Å². The number of carboxylic acids is 1. The number of fused-ring (bicyclic) bond motifs is 1. The van der Waals surface area contributed by atoms with Crippen LogP contribution in [-0.4, -0.2) is 36.3 Å². The van der Waals surface area contributed by atoms with Crippen molar-refractivity contribution in [3.05, 3.63) is 41.0 Å². The van der Waals surface area contributed by atoms with Crippen LogP contribution in [0.1, 0.15) is 25.0 Å². The summed E-state index contributed by atoms with van der Waals surface area (Å²) in [6.07, 6.45) is 1.22. The number of carbonyl (C=O) groups is 1. The summed E-state index contributed by atoms with van der Waals surface area (Å²) in [5.41, 5.74) is 2.74. The first-order valence-corrected chi connectivity index (χ1v) is 9.59. The molecule has 2 heterocycles. The second-order valence-corrected chi connectivity index (χ2v) is 6.83. The quantitative estimate of drug-likeness (QED) is 0.465. The summed E-state index contributed by atoms with van der Waals surface area (Å²) in [6, 6.07) is 5.46. The Bertz CT molecular complexity index is 999. The average molecular weight is 386 g/mol. The van der Waals surface area contributed by atoms with E-state index in [9.17, 15) is 9.90 Å². The number of aliphatic carboxylic acids is 1. The summed E-state index contributed by atoms with van der Waals surface area (Å²) in [5, 5.41) is 13.3. The highest BCUT2D eigenvalue weighted by atomic mass is 32.1. The lowest BCUT2D eigenvalue weighted by Crippen LogP contribution is -2.21. The lowest BCUT2D eigenvalue weighted by Gasteiger charge is -2.16. The largest absolute Gasteiger partial charge is 0.503 e. The Balaban J connectivity index is 2.15. The molecule has 0 aliphatic rings. The fourth-order valence-corrected chi connectivity index (χ4v) is 3.99. The topological polar surface area (TPSA) is 75.8 Å². The zero-order valence-corrected chi connectivity index (χ0v) is 16.6. The second-order valence-electron chi connectivity index (χ2n) is 6.00. The molecule has 0 saturated heterocycles. The highest BCUT2D eigenvalue weighted by Crippen LogP contribution is 2.38. The van der Waals surface area contributed by atoms with Gasteiger partial charge >= 0.3 is 5.97 Å². The summed E-state index contributed by atoms with van der Waals surface area (Å²) in [7, 11) is 1.42. The van der Waals surface area contributed by atoms with Gasteiger partial charge in [-0.25, -0.2) is 9.78 Å². The molecule has 142 valence electrons. The molecular weight excluding hydrogens is 364 g/mol. The van der Waals surface area contributed by atoms with Gasteiger partial charge in [0.05, 0.1) is 13.4 Å². The molecule has 0 unspecified atom stereocenters. The number of carboxylic acid groups (broad SMARTS) is 1. The van der Waals surface area contributed by atoms with E-state index in [1.54, 1.807) is 17.4 Å². The SMILES string of the molecule is CCN(CC)c1nc(-c2oc3c(C(=COC)C(=O)O)cccc3c2C)cs1. The first-order chi connectivity index (χ1) is 13.0. The number of para-hydroxylation sites is 1. The van der Waals surface area contributed by atoms with Crippen LogP contribution in [0.5, 0.6) is 0 Å². The maximum Gasteiger partial charge on any atom is 0.339 e. The number of methoxy groups -OCH3 is 1. The Labute approximate surface area is 161 Å². The van der Waals surface area contributed by atoms with Crippen molar-refractivity contribution in [1.29, 1.82) is 0 Å². The number of hydrogen-bond donors (Lipinski definition) is 1. The van der Waals surface area contributed by atoms with Crippen molar-refractivity contribution in [3.8, 4) is 11.5 Å². The standard InChI is InChI=1S/C20H22N2O4S/c1-5-22(6-2)20-21-16(11-27-20)17-12(3)13-8-7-9-14(18(13)26-17)15(10-25-4)19(23)24/h7-11H,5-6H2,1-4H3,(H,23,24). The first-order valence-electron chi connectivity index (χ1n) is 8.71. The minimum atomic E-state index is -1.07. The fourth-order valence-electron chi connectivity index (χ4n) is 3.05. The van der Waals surface area contributed by atoms with Crippen molar-refractivity contribution in [2.45, 2.75) is 20.8 Å². The Morgan fingerprint density at radius 2 is 2.11 bits per heavy atom. The number of aromatic nitrogens is 1. The van der Waals surface area contributed by atoms with Crippen molar-refractivity contribution < 1.29 is 19.1 Å². The Kier molecular flexibility index (Phi) is 5.51. The molecule has 0 bridgehead atoms. The predicted octanol–water partition coefficient (Wildman–Crippen LogP) is 4.78. The second kappa shape index (κ2) is 7.84. The van der Waals surface area contributed by atoms with Crippen molar-refractivity contribution >= 4 is 39.0 Å². The maximum atomic E-state index is 11.6. The Morgan fingerprint density at radius 3 is 2.74 bits per heavy atom. The van der Waals surface area contributed by atoms with E-state index in [0.29, 0.717) is 16.9 Å². The summed E-state index contributed by atoms with van der Waals surface area (Å²) >= 11 is 1.57. The maximum absolute atomic E-state index is 11.6. The molecule has 3 aromatic rings. The van der Waals surface area contributed by atoms with Crippen molar-refractivity contribution in [2.24, 2.45) is 0 Å². The van der Waals surface area contributed by atoms with Gasteiger partial charge in [0.15, 0.2) is 10.9 Å². The van der Waals surface area contributed by atoms with Gasteiger partial charge in [-0.05, 0) is 20.8 Å². The summed E-state index contributed by atoms with van der Waals surface area (Å²) in [5.74, 6) is -0.410. The van der Waals surface area contributed by atoms with Crippen LogP contribution in [0, 0.1) is 6.92 Å². The van der Waals surface area contributed by atoms with Crippen LogP contribution >= 0.6 is 11.3 Å². The third-order valence-corrected chi connectivity index (χ3v) is 5.38.